The van der Waals surface area contributed by atoms with Gasteiger partial charge < -0.3 is 106 Å². The molecule has 0 aliphatic rings. The lowest BCUT2D eigenvalue weighted by Crippen LogP contribution is -2.29. The highest BCUT2D eigenvalue weighted by atomic mass is 16.6. The van der Waals surface area contributed by atoms with Crippen molar-refractivity contribution in [1.29, 1.82) is 0 Å². The lowest BCUT2D eigenvalue weighted by atomic mass is 9.86. The van der Waals surface area contributed by atoms with Gasteiger partial charge in [0, 0.05) is 0 Å². The summed E-state index contributed by atoms with van der Waals surface area (Å²) in [5.41, 5.74) is -27.2. The summed E-state index contributed by atoms with van der Waals surface area (Å²) in [5.74, 6) is -38.8. The average Bonchev–Trinajstić information content (AvgIpc) is 0.744. The molecule has 0 aliphatic heterocycles. The molecule has 0 unspecified atom stereocenters. The zero-order valence-electron chi connectivity index (χ0n) is 67.0. The standard InChI is InChI=1S/C29H40O12.2C21H24O12.C9H6O6/c1-4-5-6-7-9-12-15-40-28(38)22-20(26(34)35)18(24(30)31)19(25(32)33)21(27(36)37)23(22)29(39)41-16-13-10-8-11-14-17(2)3;2*1-9(2)7-5-3-4-6-8-33-21(32)15-13(19(28)29)11(17(24)25)10(16(22)23)12(18(26)27)14(15)20(30)31;10-7(11)4-1-2-5(8(12)13)6(3-4)9(14)15/h17H,4-16H2,1-3H3,(H,30,31)(H,32,33)(H,34,35)(H,36,37);2*9H,3-8H2,1-2H3,(H,22,23)(H,24,25)(H,26,27)(H,28,29)(H,30,31);1-3H,(H,10,11)(H,12,13)(H,14,15). The molecule has 4 rings (SSSR count). The number of benzene rings is 4. The van der Waals surface area contributed by atoms with Crippen molar-refractivity contribution in [1.82, 2.24) is 0 Å². The van der Waals surface area contributed by atoms with Crippen molar-refractivity contribution >= 4 is 125 Å². The van der Waals surface area contributed by atoms with Crippen LogP contribution in [0.1, 0.15) is 401 Å². The van der Waals surface area contributed by atoms with E-state index in [0.29, 0.717) is 69.1 Å². The van der Waals surface area contributed by atoms with Crippen LogP contribution in [0.4, 0.5) is 0 Å². The number of esters is 4. The predicted molar refractivity (Wildman–Crippen MR) is 412 cm³/mol. The SMILES string of the molecule is CC(C)CCCCCCOC(=O)c1c(C(=O)O)c(C(=O)O)c(C(=O)O)c(C(=O)O)c1C(=O)O.CC(C)CCCCCCOC(=O)c1c(C(=O)O)c(C(=O)O)c(C(=O)O)c(C(=O)O)c1C(=O)O.CCCCCCCCOC(=O)c1c(C(=O)O)c(C(=O)O)c(C(=O)O)c(C(=O)O)c1C(=O)OCCCCCCC(C)C.O=C(O)c1ccc(C(=O)O)c(C(=O)O)c1. The maximum atomic E-state index is 13.2. The van der Waals surface area contributed by atoms with Gasteiger partial charge in [0.25, 0.3) is 0 Å². The normalized spacial score (nSPS) is 10.6. The Hall–Kier alpha value is -14.3. The Morgan fingerprint density at radius 3 is 0.557 bits per heavy atom. The Labute approximate surface area is 691 Å². The fraction of sp³-hybridized carbons (Fsp3) is 0.438. The van der Waals surface area contributed by atoms with Gasteiger partial charge in [0.1, 0.15) is 0 Å². The molecule has 0 radical (unpaired) electrons. The monoisotopic (exact) mass is 1730 g/mol. The third-order valence-corrected chi connectivity index (χ3v) is 17.5. The summed E-state index contributed by atoms with van der Waals surface area (Å²) in [6, 6.07) is 2.81. The van der Waals surface area contributed by atoms with Gasteiger partial charge in [0.15, 0.2) is 0 Å². The van der Waals surface area contributed by atoms with E-state index in [0.717, 1.165) is 102 Å². The number of carboxylic acids is 17. The number of rotatable bonds is 49. The fourth-order valence-corrected chi connectivity index (χ4v) is 12.0. The highest BCUT2D eigenvalue weighted by Gasteiger charge is 2.45. The van der Waals surface area contributed by atoms with Crippen molar-refractivity contribution in [3.05, 3.63) is 135 Å². The second kappa shape index (κ2) is 51.2. The van der Waals surface area contributed by atoms with Crippen LogP contribution in [0.3, 0.4) is 0 Å². The summed E-state index contributed by atoms with van der Waals surface area (Å²) >= 11 is 0. The molecule has 0 bridgehead atoms. The predicted octanol–water partition coefficient (Wildman–Crippen LogP) is 12.4. The number of ether oxygens (including phenoxy) is 4. The first kappa shape index (κ1) is 106. The van der Waals surface area contributed by atoms with E-state index in [1.54, 1.807) is 0 Å². The first-order valence-electron chi connectivity index (χ1n) is 37.4. The number of aromatic carboxylic acids is 17. The van der Waals surface area contributed by atoms with Crippen LogP contribution in [-0.2, 0) is 18.9 Å². The molecule has 42 nitrogen and oxygen atoms in total. The highest BCUT2D eigenvalue weighted by molar-refractivity contribution is 6.26. The van der Waals surface area contributed by atoms with Crippen LogP contribution in [0.15, 0.2) is 18.2 Å². The Kier molecular flexibility index (Phi) is 44.4. The van der Waals surface area contributed by atoms with E-state index in [2.05, 4.69) is 41.5 Å². The van der Waals surface area contributed by atoms with Crippen molar-refractivity contribution < 1.29 is 206 Å². The van der Waals surface area contributed by atoms with E-state index in [9.17, 15) is 172 Å². The number of hydrogen-bond acceptors (Lipinski definition) is 25. The minimum Gasteiger partial charge on any atom is -0.478 e. The molecule has 4 aromatic carbocycles. The van der Waals surface area contributed by atoms with E-state index in [1.165, 1.54) is 0 Å². The Morgan fingerprint density at radius 1 is 0.213 bits per heavy atom. The van der Waals surface area contributed by atoms with Crippen LogP contribution in [0, 0.1) is 17.8 Å². The number of carbonyl (C=O) groups excluding carboxylic acids is 4. The lowest BCUT2D eigenvalue weighted by molar-refractivity contribution is 0.0438. The van der Waals surface area contributed by atoms with Crippen LogP contribution < -0.4 is 0 Å². The first-order chi connectivity index (χ1) is 56.9. The minimum absolute atomic E-state index is 0.222. The highest BCUT2D eigenvalue weighted by Crippen LogP contribution is 2.35. The van der Waals surface area contributed by atoms with Gasteiger partial charge in [-0.15, -0.1) is 0 Å². The van der Waals surface area contributed by atoms with Gasteiger partial charge >= 0.3 is 125 Å². The van der Waals surface area contributed by atoms with E-state index in [1.807, 2.05) is 6.92 Å². The number of carboxylic acid groups (broad SMARTS) is 17. The van der Waals surface area contributed by atoms with E-state index in [4.69, 9.17) is 34.3 Å². The van der Waals surface area contributed by atoms with Gasteiger partial charge in [0.2, 0.25) is 0 Å². The summed E-state index contributed by atoms with van der Waals surface area (Å²) < 4.78 is 20.1. The Balaban J connectivity index is 0.000000847. The van der Waals surface area contributed by atoms with Gasteiger partial charge in [0.05, 0.1) is 143 Å². The van der Waals surface area contributed by atoms with Crippen molar-refractivity contribution in [2.75, 3.05) is 26.4 Å². The summed E-state index contributed by atoms with van der Waals surface area (Å²) in [5, 5.41) is 159. The molecule has 0 aliphatic carbocycles. The van der Waals surface area contributed by atoms with Crippen molar-refractivity contribution in [3.63, 3.8) is 0 Å². The second-order valence-electron chi connectivity index (χ2n) is 27.8. The molecule has 0 atom stereocenters. The van der Waals surface area contributed by atoms with Gasteiger partial charge in [-0.05, 0) is 61.6 Å². The maximum Gasteiger partial charge on any atom is 0.339 e. The van der Waals surface area contributed by atoms with Crippen LogP contribution in [-0.4, -0.2) is 239 Å². The molecule has 42 heteroatoms. The van der Waals surface area contributed by atoms with E-state index < -0.39 is 237 Å². The molecule has 0 saturated heterocycles. The summed E-state index contributed by atoms with van der Waals surface area (Å²) in [4.78, 5) is 249. The Morgan fingerprint density at radius 2 is 0.385 bits per heavy atom. The third-order valence-electron chi connectivity index (χ3n) is 17.5. The Bertz CT molecular complexity index is 4410. The van der Waals surface area contributed by atoms with Gasteiger partial charge in [-0.3, -0.25) is 0 Å². The second-order valence-corrected chi connectivity index (χ2v) is 27.8. The minimum atomic E-state index is -2.20. The number of unbranched alkanes of at least 4 members (excludes halogenated alkanes) is 14. The molecule has 0 heterocycles. The molecule has 0 amide bonds. The van der Waals surface area contributed by atoms with E-state index in [-0.39, 0.29) is 32.0 Å². The quantitative estimate of drug-likeness (QED) is 0.0111. The zero-order valence-corrected chi connectivity index (χ0v) is 67.0. The molecule has 0 fully saturated rings. The van der Waals surface area contributed by atoms with Crippen molar-refractivity contribution in [3.8, 4) is 0 Å². The molecular formula is C80H94O42. The van der Waals surface area contributed by atoms with Crippen LogP contribution in [0.5, 0.6) is 0 Å². The smallest absolute Gasteiger partial charge is 0.339 e. The molecule has 122 heavy (non-hydrogen) atoms. The van der Waals surface area contributed by atoms with Crippen molar-refractivity contribution in [2.24, 2.45) is 17.8 Å². The molecule has 17 N–H and O–H groups in total. The van der Waals surface area contributed by atoms with Gasteiger partial charge in [-0.25, -0.2) is 101 Å². The molecule has 0 spiro atoms. The van der Waals surface area contributed by atoms with Gasteiger partial charge in [-0.2, -0.15) is 0 Å². The largest absolute Gasteiger partial charge is 0.478 e. The molecular weight excluding hydrogens is 1630 g/mol. The number of hydrogen-bond donors (Lipinski definition) is 17. The van der Waals surface area contributed by atoms with Gasteiger partial charge in [-0.1, -0.05) is 158 Å². The number of carbonyl (C=O) groups is 21. The topological polar surface area (TPSA) is 739 Å². The van der Waals surface area contributed by atoms with Crippen molar-refractivity contribution in [2.45, 2.75) is 183 Å². The van der Waals surface area contributed by atoms with Crippen LogP contribution in [0.25, 0.3) is 0 Å². The fourth-order valence-electron chi connectivity index (χ4n) is 12.0. The first-order valence-corrected chi connectivity index (χ1v) is 37.4. The molecule has 0 aromatic heterocycles. The zero-order chi connectivity index (χ0) is 93.6. The molecule has 4 aromatic rings. The molecule has 666 valence electrons. The summed E-state index contributed by atoms with van der Waals surface area (Å²) in [6.45, 7) is 13.5. The average molecular weight is 1730 g/mol. The lowest BCUT2D eigenvalue weighted by Gasteiger charge is -2.19. The summed E-state index contributed by atoms with van der Waals surface area (Å²) in [6.07, 6.45) is 16.1. The van der Waals surface area contributed by atoms with Crippen LogP contribution in [0.2, 0.25) is 0 Å². The third kappa shape index (κ3) is 30.9. The maximum absolute atomic E-state index is 13.2. The van der Waals surface area contributed by atoms with E-state index >= 15 is 0 Å². The molecule has 0 saturated carbocycles. The summed E-state index contributed by atoms with van der Waals surface area (Å²) in [7, 11) is 0. The van der Waals surface area contributed by atoms with Crippen LogP contribution >= 0.6 is 0 Å².